The van der Waals surface area contributed by atoms with Gasteiger partial charge in [-0.2, -0.15) is 0 Å². The zero-order chi connectivity index (χ0) is 13.8. The van der Waals surface area contributed by atoms with Gasteiger partial charge in [-0.1, -0.05) is 0 Å². The molecule has 4 nitrogen and oxygen atoms in total. The van der Waals surface area contributed by atoms with Gasteiger partial charge in [0.25, 0.3) is 0 Å². The van der Waals surface area contributed by atoms with Gasteiger partial charge in [0, 0.05) is 19.6 Å². The van der Waals surface area contributed by atoms with E-state index in [-0.39, 0.29) is 13.2 Å². The molecular formula is C13H24FNO3. The largest absolute Gasteiger partial charge is 0.444 e. The van der Waals surface area contributed by atoms with Crippen LogP contribution in [0.2, 0.25) is 0 Å². The Morgan fingerprint density at radius 3 is 2.67 bits per heavy atom. The van der Waals surface area contributed by atoms with Gasteiger partial charge in [-0.15, -0.1) is 0 Å². The summed E-state index contributed by atoms with van der Waals surface area (Å²) in [7, 11) is 0. The molecule has 1 heterocycles. The summed E-state index contributed by atoms with van der Waals surface area (Å²) in [6.07, 6.45) is 1.57. The molecule has 1 atom stereocenters. The number of halogens is 1. The number of rotatable bonds is 4. The average Bonchev–Trinajstić information content (AvgIpc) is 2.59. The van der Waals surface area contributed by atoms with Crippen molar-refractivity contribution in [2.24, 2.45) is 0 Å². The van der Waals surface area contributed by atoms with Gasteiger partial charge in [0.1, 0.15) is 11.3 Å². The molecule has 0 spiro atoms. The Labute approximate surface area is 108 Å². The molecule has 0 aromatic heterocycles. The number of unbranched alkanes of at least 4 members (excludes halogenated alkanes) is 1. The van der Waals surface area contributed by atoms with Gasteiger partial charge < -0.3 is 14.7 Å². The number of aliphatic hydroxyl groups is 1. The topological polar surface area (TPSA) is 49.8 Å². The lowest BCUT2D eigenvalue weighted by atomic mass is 9.98. The number of alkyl halides is 1. The number of carbonyl (C=O) groups excluding carboxylic acids is 1. The van der Waals surface area contributed by atoms with Gasteiger partial charge >= 0.3 is 6.09 Å². The normalized spacial score (nSPS) is 24.4. The van der Waals surface area contributed by atoms with Crippen LogP contribution >= 0.6 is 0 Å². The van der Waals surface area contributed by atoms with E-state index in [4.69, 9.17) is 9.84 Å². The van der Waals surface area contributed by atoms with E-state index in [1.54, 1.807) is 20.8 Å². The molecule has 1 aliphatic rings. The van der Waals surface area contributed by atoms with Gasteiger partial charge in [0.2, 0.25) is 0 Å². The van der Waals surface area contributed by atoms with Crippen LogP contribution < -0.4 is 0 Å². The fourth-order valence-corrected chi connectivity index (χ4v) is 2.08. The third-order valence-electron chi connectivity index (χ3n) is 2.99. The standard InChI is InChI=1S/C13H24FNO3/c1-12(2,3)18-11(17)15-8-7-13(14,10-15)6-4-5-9-16/h16H,4-10H2,1-3H3. The molecule has 1 N–H and O–H groups in total. The van der Waals surface area contributed by atoms with Crippen molar-refractivity contribution in [3.05, 3.63) is 0 Å². The van der Waals surface area contributed by atoms with Crippen molar-refractivity contribution in [2.75, 3.05) is 19.7 Å². The SMILES string of the molecule is CC(C)(C)OC(=O)N1CCC(F)(CCCCO)C1. The van der Waals surface area contributed by atoms with Crippen molar-refractivity contribution in [1.82, 2.24) is 4.90 Å². The molecule has 5 heteroatoms. The Morgan fingerprint density at radius 2 is 2.11 bits per heavy atom. The molecule has 1 saturated heterocycles. The van der Waals surface area contributed by atoms with E-state index in [2.05, 4.69) is 0 Å². The van der Waals surface area contributed by atoms with Crippen molar-refractivity contribution in [3.63, 3.8) is 0 Å². The number of hydrogen-bond acceptors (Lipinski definition) is 3. The van der Waals surface area contributed by atoms with Crippen LogP contribution in [0.3, 0.4) is 0 Å². The fraction of sp³-hybridized carbons (Fsp3) is 0.923. The molecule has 106 valence electrons. The van der Waals surface area contributed by atoms with Gasteiger partial charge in [-0.25, -0.2) is 9.18 Å². The molecule has 0 aliphatic carbocycles. The number of aliphatic hydroxyl groups excluding tert-OH is 1. The summed E-state index contributed by atoms with van der Waals surface area (Å²) < 4.78 is 19.6. The number of carbonyl (C=O) groups is 1. The summed E-state index contributed by atoms with van der Waals surface area (Å²) >= 11 is 0. The summed E-state index contributed by atoms with van der Waals surface area (Å²) in [5, 5.41) is 8.68. The number of hydrogen-bond donors (Lipinski definition) is 1. The van der Waals surface area contributed by atoms with Crippen LogP contribution in [0.5, 0.6) is 0 Å². The maximum atomic E-state index is 14.3. The van der Waals surface area contributed by atoms with E-state index in [1.165, 1.54) is 4.90 Å². The second-order valence-corrected chi connectivity index (χ2v) is 5.98. The Hall–Kier alpha value is -0.840. The van der Waals surface area contributed by atoms with Crippen molar-refractivity contribution < 1.29 is 19.0 Å². The minimum absolute atomic E-state index is 0.0891. The third kappa shape index (κ3) is 4.80. The van der Waals surface area contributed by atoms with Crippen molar-refractivity contribution in [2.45, 2.75) is 57.7 Å². The Kier molecular flexibility index (Phi) is 4.96. The van der Waals surface area contributed by atoms with Crippen molar-refractivity contribution in [1.29, 1.82) is 0 Å². The van der Waals surface area contributed by atoms with E-state index in [1.807, 2.05) is 0 Å². The monoisotopic (exact) mass is 261 g/mol. The van der Waals surface area contributed by atoms with Crippen LogP contribution in [0.15, 0.2) is 0 Å². The number of amides is 1. The lowest BCUT2D eigenvalue weighted by Gasteiger charge is -2.25. The quantitative estimate of drug-likeness (QED) is 0.791. The first-order chi connectivity index (χ1) is 8.26. The highest BCUT2D eigenvalue weighted by Gasteiger charge is 2.40. The molecule has 1 aliphatic heterocycles. The van der Waals surface area contributed by atoms with Gasteiger partial charge in [0.15, 0.2) is 0 Å². The smallest absolute Gasteiger partial charge is 0.410 e. The Morgan fingerprint density at radius 1 is 1.44 bits per heavy atom. The second-order valence-electron chi connectivity index (χ2n) is 5.98. The van der Waals surface area contributed by atoms with E-state index in [0.717, 1.165) is 0 Å². The number of nitrogens with zero attached hydrogens (tertiary/aromatic N) is 1. The zero-order valence-corrected chi connectivity index (χ0v) is 11.5. The van der Waals surface area contributed by atoms with E-state index >= 15 is 0 Å². The van der Waals surface area contributed by atoms with Gasteiger partial charge in [-0.05, 0) is 40.0 Å². The first-order valence-corrected chi connectivity index (χ1v) is 6.53. The predicted octanol–water partition coefficient (Wildman–Crippen LogP) is 2.50. The summed E-state index contributed by atoms with van der Waals surface area (Å²) in [5.74, 6) is 0. The van der Waals surface area contributed by atoms with Crippen LogP contribution in [0, 0.1) is 0 Å². The molecular weight excluding hydrogens is 237 g/mol. The zero-order valence-electron chi connectivity index (χ0n) is 11.5. The predicted molar refractivity (Wildman–Crippen MR) is 67.2 cm³/mol. The van der Waals surface area contributed by atoms with E-state index < -0.39 is 17.4 Å². The molecule has 0 radical (unpaired) electrons. The molecule has 0 saturated carbocycles. The molecule has 0 aromatic carbocycles. The highest BCUT2D eigenvalue weighted by atomic mass is 19.1. The van der Waals surface area contributed by atoms with Crippen LogP contribution in [0.1, 0.15) is 46.5 Å². The van der Waals surface area contributed by atoms with Crippen LogP contribution in [-0.2, 0) is 4.74 Å². The molecule has 0 aromatic rings. The second kappa shape index (κ2) is 5.87. The minimum atomic E-state index is -1.31. The number of ether oxygens (including phenoxy) is 1. The van der Waals surface area contributed by atoms with Crippen LogP contribution in [0.25, 0.3) is 0 Å². The summed E-state index contributed by atoms with van der Waals surface area (Å²) in [4.78, 5) is 13.2. The summed E-state index contributed by atoms with van der Waals surface area (Å²) in [5.41, 5.74) is -1.86. The van der Waals surface area contributed by atoms with Crippen LogP contribution in [-0.4, -0.2) is 47.1 Å². The van der Waals surface area contributed by atoms with Gasteiger partial charge in [0.05, 0.1) is 6.54 Å². The number of likely N-dealkylation sites (tertiary alicyclic amines) is 1. The molecule has 0 bridgehead atoms. The summed E-state index contributed by atoms with van der Waals surface area (Å²) in [6, 6.07) is 0. The van der Waals surface area contributed by atoms with Gasteiger partial charge in [-0.3, -0.25) is 0 Å². The Balaban J connectivity index is 2.42. The van der Waals surface area contributed by atoms with Crippen molar-refractivity contribution >= 4 is 6.09 Å². The maximum Gasteiger partial charge on any atom is 0.410 e. The summed E-state index contributed by atoms with van der Waals surface area (Å²) in [6.45, 7) is 5.99. The van der Waals surface area contributed by atoms with E-state index in [0.29, 0.717) is 32.2 Å². The lowest BCUT2D eigenvalue weighted by molar-refractivity contribution is 0.0253. The minimum Gasteiger partial charge on any atom is -0.444 e. The van der Waals surface area contributed by atoms with Crippen molar-refractivity contribution in [3.8, 4) is 0 Å². The average molecular weight is 261 g/mol. The fourth-order valence-electron chi connectivity index (χ4n) is 2.08. The maximum absolute atomic E-state index is 14.3. The van der Waals surface area contributed by atoms with Crippen LogP contribution in [0.4, 0.5) is 9.18 Å². The molecule has 1 amide bonds. The molecule has 1 unspecified atom stereocenters. The first kappa shape index (κ1) is 15.2. The van der Waals surface area contributed by atoms with E-state index in [9.17, 15) is 9.18 Å². The third-order valence-corrected chi connectivity index (χ3v) is 2.99. The first-order valence-electron chi connectivity index (χ1n) is 6.53. The highest BCUT2D eigenvalue weighted by Crippen LogP contribution is 2.31. The Bertz CT molecular complexity index is 290. The lowest BCUT2D eigenvalue weighted by Crippen LogP contribution is -2.37. The molecule has 1 rings (SSSR count). The highest BCUT2D eigenvalue weighted by molar-refractivity contribution is 5.68. The molecule has 18 heavy (non-hydrogen) atoms. The molecule has 1 fully saturated rings.